The molecule has 0 saturated heterocycles. The van der Waals surface area contributed by atoms with Gasteiger partial charge in [0.2, 0.25) is 11.8 Å². The minimum absolute atomic E-state index is 0.101. The van der Waals surface area contributed by atoms with Crippen molar-refractivity contribution >= 4 is 17.4 Å². The molecule has 1 aromatic heterocycles. The first-order chi connectivity index (χ1) is 7.48. The Morgan fingerprint density at radius 3 is 2.75 bits per heavy atom. The molecule has 1 aliphatic rings. The van der Waals surface area contributed by atoms with Gasteiger partial charge in [0, 0.05) is 7.05 Å². The lowest BCUT2D eigenvalue weighted by Crippen LogP contribution is -2.54. The van der Waals surface area contributed by atoms with E-state index in [1.807, 2.05) is 25.8 Å². The van der Waals surface area contributed by atoms with Crippen molar-refractivity contribution in [2.75, 3.05) is 24.4 Å². The Kier molecular flexibility index (Phi) is 2.22. The second-order valence-electron chi connectivity index (χ2n) is 4.15. The van der Waals surface area contributed by atoms with Gasteiger partial charge < -0.3 is 15.0 Å². The van der Waals surface area contributed by atoms with Crippen LogP contribution in [0.3, 0.4) is 0 Å². The smallest absolute Gasteiger partial charge is 0.249 e. The van der Waals surface area contributed by atoms with E-state index in [0.717, 1.165) is 0 Å². The molecular weight excluding hydrogens is 208 g/mol. The average molecular weight is 222 g/mol. The Balaban J connectivity index is 2.59. The molecule has 0 radical (unpaired) electrons. The average Bonchev–Trinajstić information content (AvgIpc) is 2.26. The van der Waals surface area contributed by atoms with Gasteiger partial charge in [-0.2, -0.15) is 4.98 Å². The summed E-state index contributed by atoms with van der Waals surface area (Å²) in [6, 6.07) is 0. The first kappa shape index (κ1) is 10.7. The van der Waals surface area contributed by atoms with Crippen LogP contribution in [-0.2, 0) is 4.79 Å². The third-order valence-corrected chi connectivity index (χ3v) is 2.94. The molecule has 1 N–H and O–H groups in total. The number of nitrogens with zero attached hydrogens (tertiary/aromatic N) is 3. The zero-order valence-corrected chi connectivity index (χ0v) is 9.74. The van der Waals surface area contributed by atoms with Gasteiger partial charge in [0.1, 0.15) is 17.6 Å². The first-order valence-electron chi connectivity index (χ1n) is 4.92. The van der Waals surface area contributed by atoms with Gasteiger partial charge in [-0.1, -0.05) is 0 Å². The molecule has 6 heteroatoms. The minimum atomic E-state index is -0.633. The van der Waals surface area contributed by atoms with Crippen molar-refractivity contribution in [2.45, 2.75) is 19.4 Å². The van der Waals surface area contributed by atoms with Crippen molar-refractivity contribution in [1.29, 1.82) is 0 Å². The van der Waals surface area contributed by atoms with E-state index in [0.29, 0.717) is 17.4 Å². The Hall–Kier alpha value is -1.85. The Morgan fingerprint density at radius 2 is 2.12 bits per heavy atom. The number of amides is 1. The third kappa shape index (κ3) is 1.30. The number of aromatic nitrogens is 2. The molecule has 2 rings (SSSR count). The molecule has 0 fully saturated rings. The summed E-state index contributed by atoms with van der Waals surface area (Å²) in [5, 5.41) is 2.77. The summed E-state index contributed by atoms with van der Waals surface area (Å²) in [7, 11) is 3.33. The molecular formula is C10H14N4O2. The van der Waals surface area contributed by atoms with Gasteiger partial charge in [-0.3, -0.25) is 4.79 Å². The van der Waals surface area contributed by atoms with E-state index in [1.165, 1.54) is 13.4 Å². The summed E-state index contributed by atoms with van der Waals surface area (Å²) in [4.78, 5) is 21.8. The molecule has 6 nitrogen and oxygen atoms in total. The molecule has 0 aliphatic carbocycles. The number of fused-ring (bicyclic) bond motifs is 1. The fraction of sp³-hybridized carbons (Fsp3) is 0.500. The van der Waals surface area contributed by atoms with Gasteiger partial charge in [0.15, 0.2) is 5.82 Å². The van der Waals surface area contributed by atoms with E-state index in [4.69, 9.17) is 4.74 Å². The van der Waals surface area contributed by atoms with Gasteiger partial charge in [-0.15, -0.1) is 0 Å². The van der Waals surface area contributed by atoms with Crippen LogP contribution in [0, 0.1) is 0 Å². The molecule has 0 spiro atoms. The Bertz CT molecular complexity index is 444. The Labute approximate surface area is 93.6 Å². The number of anilines is 2. The fourth-order valence-corrected chi connectivity index (χ4v) is 1.56. The third-order valence-electron chi connectivity index (χ3n) is 2.94. The molecule has 1 amide bonds. The normalized spacial score (nSPS) is 17.8. The number of hydrogen-bond donors (Lipinski definition) is 1. The zero-order valence-electron chi connectivity index (χ0n) is 9.74. The van der Waals surface area contributed by atoms with Crippen LogP contribution in [0.25, 0.3) is 0 Å². The van der Waals surface area contributed by atoms with Crippen molar-refractivity contribution in [2.24, 2.45) is 0 Å². The lowest BCUT2D eigenvalue weighted by atomic mass is 9.99. The van der Waals surface area contributed by atoms with E-state index in [2.05, 4.69) is 15.3 Å². The van der Waals surface area contributed by atoms with E-state index < -0.39 is 5.54 Å². The highest BCUT2D eigenvalue weighted by Crippen LogP contribution is 2.38. The van der Waals surface area contributed by atoms with Gasteiger partial charge in [-0.05, 0) is 13.8 Å². The predicted octanol–water partition coefficient (Wildman–Crippen LogP) is 0.652. The number of ether oxygens (including phenoxy) is 1. The lowest BCUT2D eigenvalue weighted by Gasteiger charge is -2.39. The molecule has 86 valence electrons. The maximum atomic E-state index is 11.9. The van der Waals surface area contributed by atoms with E-state index in [-0.39, 0.29) is 5.91 Å². The molecule has 2 heterocycles. The number of carbonyl (C=O) groups excluding carboxylic acids is 1. The predicted molar refractivity (Wildman–Crippen MR) is 59.7 cm³/mol. The molecule has 16 heavy (non-hydrogen) atoms. The van der Waals surface area contributed by atoms with Crippen LogP contribution in [0.4, 0.5) is 11.5 Å². The van der Waals surface area contributed by atoms with Gasteiger partial charge in [0.05, 0.1) is 7.11 Å². The van der Waals surface area contributed by atoms with Crippen LogP contribution in [0.5, 0.6) is 5.88 Å². The molecule has 0 aromatic carbocycles. The first-order valence-corrected chi connectivity index (χ1v) is 4.92. The molecule has 1 aromatic rings. The molecule has 1 aliphatic heterocycles. The second-order valence-corrected chi connectivity index (χ2v) is 4.15. The summed E-state index contributed by atoms with van der Waals surface area (Å²) in [5.41, 5.74) is -0.108. The largest absolute Gasteiger partial charge is 0.479 e. The summed E-state index contributed by atoms with van der Waals surface area (Å²) in [6.45, 7) is 3.67. The highest BCUT2D eigenvalue weighted by molar-refractivity contribution is 6.06. The second kappa shape index (κ2) is 3.33. The monoisotopic (exact) mass is 222 g/mol. The van der Waals surface area contributed by atoms with Crippen molar-refractivity contribution in [3.8, 4) is 5.88 Å². The summed E-state index contributed by atoms with van der Waals surface area (Å²) in [5.74, 6) is 0.938. The lowest BCUT2D eigenvalue weighted by molar-refractivity contribution is -0.120. The van der Waals surface area contributed by atoms with Gasteiger partial charge >= 0.3 is 0 Å². The molecule has 0 atom stereocenters. The topological polar surface area (TPSA) is 67.4 Å². The summed E-state index contributed by atoms with van der Waals surface area (Å²) >= 11 is 0. The van der Waals surface area contributed by atoms with E-state index in [1.54, 1.807) is 0 Å². The number of likely N-dealkylation sites (N-methyl/N-ethyl adjacent to an activating group) is 1. The number of methoxy groups -OCH3 is 1. The summed E-state index contributed by atoms with van der Waals surface area (Å²) < 4.78 is 5.08. The number of nitrogens with one attached hydrogen (secondary N) is 1. The van der Waals surface area contributed by atoms with Crippen molar-refractivity contribution in [3.05, 3.63) is 6.33 Å². The van der Waals surface area contributed by atoms with Crippen molar-refractivity contribution in [1.82, 2.24) is 9.97 Å². The molecule has 0 saturated carbocycles. The number of rotatable bonds is 1. The van der Waals surface area contributed by atoms with Crippen LogP contribution in [-0.4, -0.2) is 35.6 Å². The highest BCUT2D eigenvalue weighted by Gasteiger charge is 2.40. The fourth-order valence-electron chi connectivity index (χ4n) is 1.56. The molecule has 0 bridgehead atoms. The quantitative estimate of drug-likeness (QED) is 0.755. The minimum Gasteiger partial charge on any atom is -0.479 e. The van der Waals surface area contributed by atoms with E-state index >= 15 is 0 Å². The Morgan fingerprint density at radius 1 is 1.44 bits per heavy atom. The van der Waals surface area contributed by atoms with Crippen LogP contribution in [0.15, 0.2) is 6.33 Å². The number of carbonyl (C=O) groups is 1. The zero-order chi connectivity index (χ0) is 11.9. The van der Waals surface area contributed by atoms with Gasteiger partial charge in [0.25, 0.3) is 0 Å². The van der Waals surface area contributed by atoms with Crippen molar-refractivity contribution < 1.29 is 9.53 Å². The van der Waals surface area contributed by atoms with Crippen LogP contribution < -0.4 is 15.0 Å². The van der Waals surface area contributed by atoms with Crippen molar-refractivity contribution in [3.63, 3.8) is 0 Å². The van der Waals surface area contributed by atoms with E-state index in [9.17, 15) is 4.79 Å². The summed E-state index contributed by atoms with van der Waals surface area (Å²) in [6.07, 6.45) is 1.42. The van der Waals surface area contributed by atoms with Crippen LogP contribution in [0.1, 0.15) is 13.8 Å². The SMILES string of the molecule is COc1ncnc2c1NC(=O)C(C)(C)N2C. The standard InChI is InChI=1S/C10H14N4O2/c1-10(2)9(15)13-6-7(14(10)3)11-5-12-8(6)16-4/h5H,1-4H3,(H,13,15). The molecule has 0 unspecified atom stereocenters. The van der Waals surface area contributed by atoms with Crippen LogP contribution >= 0.6 is 0 Å². The van der Waals surface area contributed by atoms with Gasteiger partial charge in [-0.25, -0.2) is 4.98 Å². The maximum absolute atomic E-state index is 11.9. The number of hydrogen-bond acceptors (Lipinski definition) is 5. The van der Waals surface area contributed by atoms with Crippen LogP contribution in [0.2, 0.25) is 0 Å². The maximum Gasteiger partial charge on any atom is 0.249 e. The highest BCUT2D eigenvalue weighted by atomic mass is 16.5.